The number of aromatic nitrogens is 2. The molecule has 3 aliphatic rings. The minimum absolute atomic E-state index is 0.267. The van der Waals surface area contributed by atoms with Gasteiger partial charge in [0.1, 0.15) is 5.54 Å². The van der Waals surface area contributed by atoms with Crippen LogP contribution in [0.15, 0.2) is 152 Å². The van der Waals surface area contributed by atoms with Crippen LogP contribution in [-0.4, -0.2) is 52.3 Å². The molecule has 224 valence electrons. The molecule has 0 N–H and O–H groups in total. The van der Waals surface area contributed by atoms with Gasteiger partial charge in [-0.1, -0.05) is 140 Å². The van der Waals surface area contributed by atoms with Gasteiger partial charge in [0, 0.05) is 37.4 Å². The maximum Gasteiger partial charge on any atom is 0.138 e. The van der Waals surface area contributed by atoms with E-state index in [-0.39, 0.29) is 5.54 Å². The van der Waals surface area contributed by atoms with Gasteiger partial charge in [-0.25, -0.2) is 0 Å². The lowest BCUT2D eigenvalue weighted by atomic mass is 9.76. The largest absolute Gasteiger partial charge is 0.304 e. The van der Waals surface area contributed by atoms with Crippen molar-refractivity contribution in [3.05, 3.63) is 180 Å². The molecule has 4 aromatic carbocycles. The molecular weight excluding hydrogens is 548 g/mol. The Hall–Kier alpha value is -4.51. The average molecular weight is 589 g/mol. The van der Waals surface area contributed by atoms with Crippen molar-refractivity contribution in [2.45, 2.75) is 30.0 Å². The monoisotopic (exact) mass is 588 g/mol. The smallest absolute Gasteiger partial charge is 0.138 e. The van der Waals surface area contributed by atoms with Crippen LogP contribution in [0.25, 0.3) is 5.57 Å². The maximum absolute atomic E-state index is 5.31. The Bertz CT molecular complexity index is 1710. The summed E-state index contributed by atoms with van der Waals surface area (Å²) in [7, 11) is 2.28. The van der Waals surface area contributed by atoms with Crippen molar-refractivity contribution in [2.24, 2.45) is 5.92 Å². The molecule has 2 saturated heterocycles. The molecular formula is C41H40N4. The van der Waals surface area contributed by atoms with Gasteiger partial charge in [0.25, 0.3) is 0 Å². The van der Waals surface area contributed by atoms with Gasteiger partial charge in [0.15, 0.2) is 0 Å². The minimum Gasteiger partial charge on any atom is -0.304 e. The van der Waals surface area contributed by atoms with Gasteiger partial charge < -0.3 is 4.90 Å². The summed E-state index contributed by atoms with van der Waals surface area (Å²) < 4.78 is 2.24. The number of fused-ring (bicyclic) bond motifs is 1. The first-order chi connectivity index (χ1) is 22.2. The molecule has 3 atom stereocenters. The SMILES string of the molecule is CN1C[C@H]2CCN(C3(c4cnn(C(c5ccccc5)(c5ccccc5)c5ccccc5)c4)C=CC(c4ccccc4)=CC3)[C@H]2C1. The molecule has 8 rings (SSSR count). The van der Waals surface area contributed by atoms with Crippen LogP contribution in [0.1, 0.15) is 40.7 Å². The third-order valence-electron chi connectivity index (χ3n) is 10.5. The van der Waals surface area contributed by atoms with Gasteiger partial charge in [0.05, 0.1) is 11.7 Å². The molecule has 0 bridgehead atoms. The van der Waals surface area contributed by atoms with E-state index in [1.165, 1.54) is 46.4 Å². The Kier molecular flexibility index (Phi) is 7.12. The molecule has 2 aliphatic heterocycles. The number of likely N-dealkylation sites (N-methyl/N-ethyl adjacent to an activating group) is 1. The summed E-state index contributed by atoms with van der Waals surface area (Å²) in [6.07, 6.45) is 14.0. The first-order valence-electron chi connectivity index (χ1n) is 16.3. The van der Waals surface area contributed by atoms with E-state index >= 15 is 0 Å². The van der Waals surface area contributed by atoms with Crippen LogP contribution in [0.4, 0.5) is 0 Å². The van der Waals surface area contributed by atoms with Crippen molar-refractivity contribution in [1.82, 2.24) is 19.6 Å². The lowest BCUT2D eigenvalue weighted by Gasteiger charge is -2.44. The van der Waals surface area contributed by atoms with Crippen molar-refractivity contribution < 1.29 is 0 Å². The topological polar surface area (TPSA) is 24.3 Å². The van der Waals surface area contributed by atoms with E-state index in [0.717, 1.165) is 19.5 Å². The van der Waals surface area contributed by atoms with Crippen molar-refractivity contribution in [1.29, 1.82) is 0 Å². The van der Waals surface area contributed by atoms with Gasteiger partial charge >= 0.3 is 0 Å². The highest BCUT2D eigenvalue weighted by Crippen LogP contribution is 2.47. The molecule has 4 heteroatoms. The molecule has 1 aromatic heterocycles. The lowest BCUT2D eigenvalue weighted by molar-refractivity contribution is 0.108. The summed E-state index contributed by atoms with van der Waals surface area (Å²) in [4.78, 5) is 5.33. The van der Waals surface area contributed by atoms with Gasteiger partial charge in [-0.15, -0.1) is 0 Å². The highest BCUT2D eigenvalue weighted by atomic mass is 15.3. The molecule has 1 unspecified atom stereocenters. The maximum atomic E-state index is 5.31. The van der Waals surface area contributed by atoms with E-state index in [9.17, 15) is 0 Å². The Morgan fingerprint density at radius 3 is 1.87 bits per heavy atom. The third kappa shape index (κ3) is 4.63. The summed E-state index contributed by atoms with van der Waals surface area (Å²) >= 11 is 0. The molecule has 4 nitrogen and oxygen atoms in total. The zero-order valence-electron chi connectivity index (χ0n) is 25.9. The second-order valence-electron chi connectivity index (χ2n) is 13.0. The number of likely N-dealkylation sites (tertiary alicyclic amines) is 2. The second-order valence-corrected chi connectivity index (χ2v) is 13.0. The zero-order chi connectivity index (χ0) is 30.3. The first-order valence-corrected chi connectivity index (χ1v) is 16.3. The zero-order valence-corrected chi connectivity index (χ0v) is 25.9. The standard InChI is InChI=1S/C41H40N4/c1-43-29-34-24-27-44(39(34)31-43)40(25-22-33(23-26-40)32-14-6-2-7-15-32)38-28-42-45(30-38)41(35-16-8-3-9-17-35,36-18-10-4-11-19-36)37-20-12-5-13-21-37/h2-23,25,28,30,34,39H,24,26-27,29,31H2,1H3/t34-,39+,40?/m1/s1. The van der Waals surface area contributed by atoms with Crippen molar-refractivity contribution in [3.63, 3.8) is 0 Å². The molecule has 5 aromatic rings. The fourth-order valence-corrected chi connectivity index (χ4v) is 8.40. The van der Waals surface area contributed by atoms with Crippen LogP contribution in [-0.2, 0) is 11.1 Å². The van der Waals surface area contributed by atoms with Crippen molar-refractivity contribution >= 4 is 5.57 Å². The predicted octanol–water partition coefficient (Wildman–Crippen LogP) is 7.60. The van der Waals surface area contributed by atoms with E-state index in [1.807, 2.05) is 0 Å². The Morgan fingerprint density at radius 1 is 0.733 bits per heavy atom. The number of benzene rings is 4. The summed E-state index contributed by atoms with van der Waals surface area (Å²) in [5, 5.41) is 5.31. The Morgan fingerprint density at radius 2 is 1.31 bits per heavy atom. The van der Waals surface area contributed by atoms with E-state index in [2.05, 4.69) is 173 Å². The molecule has 0 radical (unpaired) electrons. The van der Waals surface area contributed by atoms with Gasteiger partial charge in [-0.3, -0.25) is 9.58 Å². The predicted molar refractivity (Wildman–Crippen MR) is 183 cm³/mol. The van der Waals surface area contributed by atoms with E-state index in [4.69, 9.17) is 5.10 Å². The van der Waals surface area contributed by atoms with Crippen LogP contribution in [0.5, 0.6) is 0 Å². The van der Waals surface area contributed by atoms with Crippen LogP contribution in [0.3, 0.4) is 0 Å². The summed E-state index contributed by atoms with van der Waals surface area (Å²) in [5.74, 6) is 0.715. The van der Waals surface area contributed by atoms with Crippen LogP contribution in [0.2, 0.25) is 0 Å². The van der Waals surface area contributed by atoms with Crippen molar-refractivity contribution in [3.8, 4) is 0 Å². The Labute approximate surface area is 266 Å². The first kappa shape index (κ1) is 28.0. The summed E-state index contributed by atoms with van der Waals surface area (Å²) in [6.45, 7) is 3.41. The van der Waals surface area contributed by atoms with Crippen molar-refractivity contribution in [2.75, 3.05) is 26.7 Å². The summed E-state index contributed by atoms with van der Waals surface area (Å²) in [5.41, 5.74) is 6.49. The molecule has 0 amide bonds. The summed E-state index contributed by atoms with van der Waals surface area (Å²) in [6, 6.07) is 43.9. The quantitative estimate of drug-likeness (QED) is 0.183. The van der Waals surface area contributed by atoms with Gasteiger partial charge in [0.2, 0.25) is 0 Å². The number of hydrogen-bond acceptors (Lipinski definition) is 3. The fraction of sp³-hybridized carbons (Fsp3) is 0.244. The van der Waals surface area contributed by atoms with Crippen LogP contribution < -0.4 is 0 Å². The fourth-order valence-electron chi connectivity index (χ4n) is 8.40. The molecule has 2 fully saturated rings. The average Bonchev–Trinajstić information content (AvgIpc) is 3.84. The van der Waals surface area contributed by atoms with E-state index in [0.29, 0.717) is 12.0 Å². The normalized spacial score (nSPS) is 23.6. The molecule has 0 spiro atoms. The van der Waals surface area contributed by atoms with Gasteiger partial charge in [-0.2, -0.15) is 5.10 Å². The number of allylic oxidation sites excluding steroid dienone is 2. The van der Waals surface area contributed by atoms with E-state index in [1.54, 1.807) is 0 Å². The molecule has 0 saturated carbocycles. The second kappa shape index (κ2) is 11.4. The van der Waals surface area contributed by atoms with Gasteiger partial charge in [-0.05, 0) is 53.6 Å². The highest BCUT2D eigenvalue weighted by molar-refractivity contribution is 5.75. The number of hydrogen-bond donors (Lipinski definition) is 0. The lowest BCUT2D eigenvalue weighted by Crippen LogP contribution is -2.49. The molecule has 45 heavy (non-hydrogen) atoms. The molecule has 1 aliphatic carbocycles. The minimum atomic E-state index is -0.631. The third-order valence-corrected chi connectivity index (χ3v) is 10.5. The Balaban J connectivity index is 1.30. The highest BCUT2D eigenvalue weighted by Gasteiger charge is 2.50. The van der Waals surface area contributed by atoms with E-state index < -0.39 is 5.54 Å². The number of nitrogens with zero attached hydrogens (tertiary/aromatic N) is 4. The van der Waals surface area contributed by atoms with Crippen LogP contribution in [0, 0.1) is 5.92 Å². The van der Waals surface area contributed by atoms with Crippen LogP contribution >= 0.6 is 0 Å². The number of rotatable bonds is 7. The molecule has 3 heterocycles.